The predicted molar refractivity (Wildman–Crippen MR) is 137 cm³/mol. The van der Waals surface area contributed by atoms with Crippen LogP contribution in [0.4, 0.5) is 0 Å². The maximum atomic E-state index is 6.48. The van der Waals surface area contributed by atoms with Gasteiger partial charge in [-0.25, -0.2) is 0 Å². The first-order valence-electron chi connectivity index (χ1n) is 11.8. The van der Waals surface area contributed by atoms with Gasteiger partial charge in [0, 0.05) is 28.2 Å². The summed E-state index contributed by atoms with van der Waals surface area (Å²) in [5.41, 5.74) is 7.82. The minimum absolute atomic E-state index is 0.142. The number of fused-ring (bicyclic) bond motifs is 2. The maximum absolute atomic E-state index is 6.48. The highest BCUT2D eigenvalue weighted by Crippen LogP contribution is 2.47. The van der Waals surface area contributed by atoms with Crippen molar-refractivity contribution < 1.29 is 9.31 Å². The fourth-order valence-corrected chi connectivity index (χ4v) is 5.37. The molecular formula is C29H30BNO2. The van der Waals surface area contributed by atoms with Crippen LogP contribution in [0.25, 0.3) is 27.7 Å². The molecule has 0 atom stereocenters. The fraction of sp³-hybridized carbons (Fsp3) is 0.310. The van der Waals surface area contributed by atoms with E-state index in [0.717, 1.165) is 5.46 Å². The monoisotopic (exact) mass is 435 g/mol. The lowest BCUT2D eigenvalue weighted by Gasteiger charge is -2.34. The Labute approximate surface area is 196 Å². The lowest BCUT2D eigenvalue weighted by atomic mass is 9.70. The molecule has 1 saturated heterocycles. The molecule has 0 N–H and O–H groups in total. The number of benzene rings is 3. The largest absolute Gasteiger partial charge is 0.494 e. The molecule has 33 heavy (non-hydrogen) atoms. The van der Waals surface area contributed by atoms with Gasteiger partial charge in [-0.15, -0.1) is 0 Å². The van der Waals surface area contributed by atoms with Crippen LogP contribution in [0, 0.1) is 0 Å². The van der Waals surface area contributed by atoms with E-state index in [1.807, 2.05) is 0 Å². The number of hydrogen-bond donors (Lipinski definition) is 0. The second kappa shape index (κ2) is 6.62. The van der Waals surface area contributed by atoms with Crippen LogP contribution in [0.2, 0.25) is 0 Å². The molecule has 3 nitrogen and oxygen atoms in total. The number of rotatable bonds is 2. The van der Waals surface area contributed by atoms with Gasteiger partial charge in [0.1, 0.15) is 0 Å². The first-order valence-corrected chi connectivity index (χ1v) is 11.8. The molecule has 0 spiro atoms. The Kier molecular flexibility index (Phi) is 4.17. The van der Waals surface area contributed by atoms with Crippen LogP contribution >= 0.6 is 0 Å². The van der Waals surface area contributed by atoms with Gasteiger partial charge in [0.2, 0.25) is 0 Å². The normalized spacial score (nSPS) is 19.6. The molecule has 3 aromatic carbocycles. The quantitative estimate of drug-likeness (QED) is 0.348. The van der Waals surface area contributed by atoms with Crippen molar-refractivity contribution in [3.63, 3.8) is 0 Å². The van der Waals surface area contributed by atoms with E-state index >= 15 is 0 Å². The van der Waals surface area contributed by atoms with Gasteiger partial charge < -0.3 is 13.9 Å². The van der Waals surface area contributed by atoms with Crippen LogP contribution < -0.4 is 5.46 Å². The molecule has 166 valence electrons. The van der Waals surface area contributed by atoms with E-state index in [-0.39, 0.29) is 16.6 Å². The molecule has 2 aliphatic rings. The molecule has 0 aliphatic carbocycles. The molecule has 0 unspecified atom stereocenters. The minimum atomic E-state index is -0.393. The first kappa shape index (κ1) is 20.8. The lowest BCUT2D eigenvalue weighted by molar-refractivity contribution is 0.00578. The van der Waals surface area contributed by atoms with Gasteiger partial charge in [-0.05, 0) is 55.9 Å². The zero-order chi connectivity index (χ0) is 23.2. The van der Waals surface area contributed by atoms with Gasteiger partial charge in [-0.2, -0.15) is 0 Å². The summed E-state index contributed by atoms with van der Waals surface area (Å²) >= 11 is 0. The zero-order valence-corrected chi connectivity index (χ0v) is 20.3. The van der Waals surface area contributed by atoms with Crippen molar-refractivity contribution in [1.29, 1.82) is 0 Å². The van der Waals surface area contributed by atoms with Gasteiger partial charge in [0.25, 0.3) is 0 Å². The van der Waals surface area contributed by atoms with Gasteiger partial charge in [-0.1, -0.05) is 74.5 Å². The standard InChI is InChI=1S/C29H30BNO2/c1-27(2)23-14-10-11-15-25(23)31-18-22(19-12-8-7-9-13-19)21-16-20(17-24(27)26(21)31)30-32-28(3,4)29(5,6)33-30/h7-18H,1-6H3. The van der Waals surface area contributed by atoms with Crippen molar-refractivity contribution in [3.05, 3.63) is 84.1 Å². The highest BCUT2D eigenvalue weighted by molar-refractivity contribution is 6.62. The van der Waals surface area contributed by atoms with Crippen molar-refractivity contribution in [3.8, 4) is 16.8 Å². The molecule has 0 radical (unpaired) electrons. The molecule has 0 saturated carbocycles. The Morgan fingerprint density at radius 3 is 2.06 bits per heavy atom. The van der Waals surface area contributed by atoms with Crippen molar-refractivity contribution in [2.45, 2.75) is 58.2 Å². The van der Waals surface area contributed by atoms with Gasteiger partial charge in [-0.3, -0.25) is 0 Å². The van der Waals surface area contributed by atoms with Gasteiger partial charge >= 0.3 is 7.12 Å². The molecule has 3 heterocycles. The number of hydrogen-bond acceptors (Lipinski definition) is 2. The van der Waals surface area contributed by atoms with E-state index in [9.17, 15) is 0 Å². The predicted octanol–water partition coefficient (Wildman–Crippen LogP) is 6.24. The zero-order valence-electron chi connectivity index (χ0n) is 20.3. The van der Waals surface area contributed by atoms with E-state index in [2.05, 4.69) is 119 Å². The molecule has 1 aromatic heterocycles. The maximum Gasteiger partial charge on any atom is 0.494 e. The van der Waals surface area contributed by atoms with Crippen LogP contribution in [0.1, 0.15) is 52.7 Å². The van der Waals surface area contributed by atoms with Crippen LogP contribution in [0.3, 0.4) is 0 Å². The van der Waals surface area contributed by atoms with Crippen LogP contribution in [0.15, 0.2) is 72.9 Å². The van der Waals surface area contributed by atoms with E-state index in [0.29, 0.717) is 0 Å². The van der Waals surface area contributed by atoms with Crippen LogP contribution in [-0.2, 0) is 14.7 Å². The third-order valence-electron chi connectivity index (χ3n) is 8.04. The Morgan fingerprint density at radius 1 is 0.727 bits per heavy atom. The fourth-order valence-electron chi connectivity index (χ4n) is 5.37. The summed E-state index contributed by atoms with van der Waals surface area (Å²) in [6.07, 6.45) is 2.30. The molecule has 0 amide bonds. The molecule has 2 aliphatic heterocycles. The topological polar surface area (TPSA) is 23.4 Å². The summed E-state index contributed by atoms with van der Waals surface area (Å²) in [7, 11) is -0.393. The number of nitrogens with zero attached hydrogens (tertiary/aromatic N) is 1. The van der Waals surface area contributed by atoms with Gasteiger partial charge in [0.05, 0.1) is 16.7 Å². The molecule has 1 fully saturated rings. The third-order valence-corrected chi connectivity index (χ3v) is 8.04. The second-order valence-corrected chi connectivity index (χ2v) is 11.0. The summed E-state index contributed by atoms with van der Waals surface area (Å²) < 4.78 is 15.3. The summed E-state index contributed by atoms with van der Waals surface area (Å²) in [4.78, 5) is 0. The SMILES string of the molecule is CC1(C)c2ccccc2-n2cc(-c3ccccc3)c3cc(B4OC(C)(C)C(C)(C)O4)cc1c32. The summed E-state index contributed by atoms with van der Waals surface area (Å²) in [5, 5.41) is 1.24. The number of aromatic nitrogens is 1. The minimum Gasteiger partial charge on any atom is -0.399 e. The summed E-state index contributed by atoms with van der Waals surface area (Å²) in [5.74, 6) is 0. The van der Waals surface area contributed by atoms with E-state index in [1.54, 1.807) is 0 Å². The van der Waals surface area contributed by atoms with Gasteiger partial charge in [0.15, 0.2) is 0 Å². The van der Waals surface area contributed by atoms with Crippen LogP contribution in [-0.4, -0.2) is 22.9 Å². The Morgan fingerprint density at radius 2 is 1.36 bits per heavy atom. The smallest absolute Gasteiger partial charge is 0.399 e. The van der Waals surface area contributed by atoms with E-state index in [4.69, 9.17) is 9.31 Å². The molecule has 0 bridgehead atoms. The molecule has 4 heteroatoms. The summed E-state index contributed by atoms with van der Waals surface area (Å²) in [6.45, 7) is 13.1. The molecule has 6 rings (SSSR count). The van der Waals surface area contributed by atoms with Crippen LogP contribution in [0.5, 0.6) is 0 Å². The Balaban J connectivity index is 1.67. The molecule has 4 aromatic rings. The van der Waals surface area contributed by atoms with E-state index in [1.165, 1.54) is 38.8 Å². The highest BCUT2D eigenvalue weighted by Gasteiger charge is 2.52. The van der Waals surface area contributed by atoms with Crippen molar-refractivity contribution in [2.24, 2.45) is 0 Å². The average molecular weight is 435 g/mol. The number of para-hydroxylation sites is 1. The second-order valence-electron chi connectivity index (χ2n) is 11.0. The third kappa shape index (κ3) is 2.84. The summed E-state index contributed by atoms with van der Waals surface area (Å²) in [6, 6.07) is 24.0. The Hall–Kier alpha value is -2.82. The van der Waals surface area contributed by atoms with Crippen molar-refractivity contribution >= 4 is 23.5 Å². The van der Waals surface area contributed by atoms with Crippen molar-refractivity contribution in [1.82, 2.24) is 4.57 Å². The van der Waals surface area contributed by atoms with E-state index < -0.39 is 7.12 Å². The van der Waals surface area contributed by atoms with Crippen molar-refractivity contribution in [2.75, 3.05) is 0 Å². The first-order chi connectivity index (χ1) is 15.6. The Bertz CT molecular complexity index is 1380. The highest BCUT2D eigenvalue weighted by atomic mass is 16.7. The average Bonchev–Trinajstić information content (AvgIpc) is 3.27. The lowest BCUT2D eigenvalue weighted by Crippen LogP contribution is -2.41. The molecular weight excluding hydrogens is 405 g/mol.